The number of alkyl halides is 2. The van der Waals surface area contributed by atoms with Gasteiger partial charge in [0.25, 0.3) is 4.07 Å². The number of esters is 1. The number of halogens is 2. The van der Waals surface area contributed by atoms with Crippen molar-refractivity contribution < 1.29 is 14.1 Å². The molecule has 0 atom stereocenters. The summed E-state index contributed by atoms with van der Waals surface area (Å²) in [5, 5.41) is 0. The number of carbonyl (C=O) groups excluding carboxylic acids is 1. The quantitative estimate of drug-likeness (QED) is 0.312. The van der Waals surface area contributed by atoms with E-state index in [4.69, 9.17) is 23.2 Å². The van der Waals surface area contributed by atoms with Crippen LogP contribution in [0.3, 0.4) is 0 Å². The largest absolute Gasteiger partial charge is 0.459 e. The molecule has 0 unspecified atom stereocenters. The average Bonchev–Trinajstić information content (AvgIpc) is 2.00. The van der Waals surface area contributed by atoms with E-state index in [0.29, 0.717) is 0 Å². The topological polar surface area (TPSA) is 43.4 Å². The summed E-state index contributed by atoms with van der Waals surface area (Å²) in [4.78, 5) is 10.7. The van der Waals surface area contributed by atoms with Crippen LogP contribution >= 0.6 is 31.7 Å². The number of hydrogen-bond donors (Lipinski definition) is 0. The van der Waals surface area contributed by atoms with E-state index in [1.54, 1.807) is 0 Å². The lowest BCUT2D eigenvalue weighted by Crippen LogP contribution is -2.22. The highest BCUT2D eigenvalue weighted by Gasteiger charge is 2.36. The Bertz CT molecular complexity index is 181. The van der Waals surface area contributed by atoms with E-state index in [0.717, 1.165) is 0 Å². The van der Waals surface area contributed by atoms with Crippen LogP contribution in [0.5, 0.6) is 0 Å². The summed E-state index contributed by atoms with van der Waals surface area (Å²) in [5.41, 5.74) is 0. The third-order valence-corrected chi connectivity index (χ3v) is 1.83. The maximum atomic E-state index is 10.7. The van der Waals surface area contributed by atoms with Gasteiger partial charge in [0.15, 0.2) is 0 Å². The number of ether oxygens (including phenoxy) is 1. The van der Waals surface area contributed by atoms with Gasteiger partial charge in [-0.25, -0.2) is 4.79 Å². The van der Waals surface area contributed by atoms with Gasteiger partial charge in [-0.05, 0) is 0 Å². The second kappa shape index (κ2) is 4.70. The fourth-order valence-electron chi connectivity index (χ4n) is 0.259. The predicted octanol–water partition coefficient (Wildman–Crippen LogP) is 2.14. The first-order valence-corrected chi connectivity index (χ1v) is 4.12. The zero-order chi connectivity index (χ0) is 8.91. The molecule has 62 valence electrons. The third kappa shape index (κ3) is 3.71. The van der Waals surface area contributed by atoms with Crippen molar-refractivity contribution >= 4 is 37.6 Å². The van der Waals surface area contributed by atoms with Crippen LogP contribution in [0.15, 0.2) is 12.7 Å². The van der Waals surface area contributed by atoms with Crippen LogP contribution in [0.25, 0.3) is 0 Å². The molecule has 0 aromatic heterocycles. The molecule has 0 N–H and O–H groups in total. The van der Waals surface area contributed by atoms with Gasteiger partial charge in [-0.1, -0.05) is 35.9 Å². The smallest absolute Gasteiger partial charge is 0.355 e. The normalized spacial score (nSPS) is 11.1. The minimum Gasteiger partial charge on any atom is -0.459 e. The summed E-state index contributed by atoms with van der Waals surface area (Å²) >= 11 is 10.5. The van der Waals surface area contributed by atoms with Gasteiger partial charge in [0.05, 0.1) is 0 Å². The zero-order valence-corrected chi connectivity index (χ0v) is 7.83. The van der Waals surface area contributed by atoms with E-state index in [2.05, 4.69) is 11.3 Å². The average molecular weight is 215 g/mol. The van der Waals surface area contributed by atoms with Gasteiger partial charge in [-0.15, -0.1) is 0 Å². The van der Waals surface area contributed by atoms with Crippen molar-refractivity contribution in [3.8, 4) is 0 Å². The van der Waals surface area contributed by atoms with E-state index in [-0.39, 0.29) is 6.61 Å². The first-order valence-electron chi connectivity index (χ1n) is 2.55. The van der Waals surface area contributed by atoms with E-state index < -0.39 is 18.5 Å². The number of hydrogen-bond acceptors (Lipinski definition) is 3. The van der Waals surface area contributed by atoms with E-state index >= 15 is 0 Å². The minimum absolute atomic E-state index is 0.00442. The molecule has 0 aromatic carbocycles. The molecule has 0 fully saturated rings. The molecule has 0 aliphatic heterocycles. The Morgan fingerprint density at radius 1 is 1.73 bits per heavy atom. The van der Waals surface area contributed by atoms with Crippen molar-refractivity contribution in [3.05, 3.63) is 12.7 Å². The molecule has 3 nitrogen and oxygen atoms in total. The van der Waals surface area contributed by atoms with Crippen LogP contribution in [0, 0.1) is 0 Å². The molecule has 0 saturated carbocycles. The van der Waals surface area contributed by atoms with Crippen molar-refractivity contribution in [2.75, 3.05) is 6.61 Å². The van der Waals surface area contributed by atoms with E-state index in [9.17, 15) is 9.36 Å². The number of carbonyl (C=O) groups is 1. The highest BCUT2D eigenvalue weighted by molar-refractivity contribution is 7.35. The van der Waals surface area contributed by atoms with Crippen molar-refractivity contribution in [2.24, 2.45) is 0 Å². The Kier molecular flexibility index (Phi) is 4.66. The van der Waals surface area contributed by atoms with Crippen LogP contribution in [0.2, 0.25) is 0 Å². The predicted molar refractivity (Wildman–Crippen MR) is 43.2 cm³/mol. The Morgan fingerprint density at radius 3 is 2.64 bits per heavy atom. The molecule has 0 bridgehead atoms. The fraction of sp³-hybridized carbons (Fsp3) is 0.400. The SMILES string of the molecule is C=CCOC(=O)C(Cl)(Cl)P=O. The highest BCUT2D eigenvalue weighted by Crippen LogP contribution is 2.34. The minimum atomic E-state index is -2.00. The maximum Gasteiger partial charge on any atom is 0.355 e. The second-order valence-corrected chi connectivity index (χ2v) is 4.23. The third-order valence-electron chi connectivity index (χ3n) is 0.693. The summed E-state index contributed by atoms with van der Waals surface area (Å²) in [7, 11) is -0.697. The van der Waals surface area contributed by atoms with Crippen molar-refractivity contribution in [3.63, 3.8) is 0 Å². The van der Waals surface area contributed by atoms with Gasteiger partial charge >= 0.3 is 5.97 Å². The molecule has 0 heterocycles. The first kappa shape index (κ1) is 10.9. The van der Waals surface area contributed by atoms with Crippen molar-refractivity contribution in [1.29, 1.82) is 0 Å². The molecule has 6 heteroatoms. The standard InChI is InChI=1S/C5H5Cl2O3P/c1-2-3-10-4(8)5(6,7)11-9/h2H,1,3H2. The maximum absolute atomic E-state index is 10.7. The van der Waals surface area contributed by atoms with Gasteiger partial charge in [-0.3, -0.25) is 4.57 Å². The Balaban J connectivity index is 4.01. The monoisotopic (exact) mass is 214 g/mol. The molecule has 0 radical (unpaired) electrons. The van der Waals surface area contributed by atoms with Crippen molar-refractivity contribution in [2.45, 2.75) is 4.07 Å². The lowest BCUT2D eigenvalue weighted by Gasteiger charge is -2.07. The van der Waals surface area contributed by atoms with E-state index in [1.807, 2.05) is 0 Å². The van der Waals surface area contributed by atoms with Crippen LogP contribution in [-0.2, 0) is 14.1 Å². The molecule has 0 aliphatic rings. The van der Waals surface area contributed by atoms with Crippen LogP contribution in [0.4, 0.5) is 0 Å². The van der Waals surface area contributed by atoms with Crippen LogP contribution in [0.1, 0.15) is 0 Å². The van der Waals surface area contributed by atoms with Gasteiger partial charge in [0, 0.05) is 0 Å². The Labute approximate surface area is 75.5 Å². The molecule has 11 heavy (non-hydrogen) atoms. The fourth-order valence-corrected chi connectivity index (χ4v) is 0.507. The molecular formula is C5H5Cl2O3P. The van der Waals surface area contributed by atoms with Crippen molar-refractivity contribution in [1.82, 2.24) is 0 Å². The summed E-state index contributed by atoms with van der Waals surface area (Å²) in [5.74, 6) is -0.947. The molecule has 0 rings (SSSR count). The van der Waals surface area contributed by atoms with Crippen LogP contribution in [-0.4, -0.2) is 16.7 Å². The molecular weight excluding hydrogens is 210 g/mol. The van der Waals surface area contributed by atoms with Gasteiger partial charge in [0.1, 0.15) is 6.61 Å². The summed E-state index contributed by atoms with van der Waals surface area (Å²) in [6.45, 7) is 3.29. The second-order valence-electron chi connectivity index (χ2n) is 1.52. The Morgan fingerprint density at radius 2 is 2.27 bits per heavy atom. The molecule has 0 aromatic rings. The Hall–Kier alpha value is -0.110. The lowest BCUT2D eigenvalue weighted by molar-refractivity contribution is -0.141. The summed E-state index contributed by atoms with van der Waals surface area (Å²) in [6, 6.07) is 0. The molecule has 0 saturated heterocycles. The van der Waals surface area contributed by atoms with Gasteiger partial charge < -0.3 is 4.74 Å². The van der Waals surface area contributed by atoms with Gasteiger partial charge in [-0.2, -0.15) is 0 Å². The lowest BCUT2D eigenvalue weighted by atomic mass is 10.7. The molecule has 0 amide bonds. The number of rotatable bonds is 4. The van der Waals surface area contributed by atoms with E-state index in [1.165, 1.54) is 6.08 Å². The molecule has 0 spiro atoms. The summed E-state index contributed by atoms with van der Waals surface area (Å²) < 4.78 is 12.6. The molecule has 0 aliphatic carbocycles. The summed E-state index contributed by atoms with van der Waals surface area (Å²) in [6.07, 6.45) is 1.35. The van der Waals surface area contributed by atoms with Gasteiger partial charge in [0.2, 0.25) is 8.46 Å². The van der Waals surface area contributed by atoms with Crippen LogP contribution < -0.4 is 0 Å². The first-order chi connectivity index (χ1) is 5.04. The zero-order valence-electron chi connectivity index (χ0n) is 5.42. The highest BCUT2D eigenvalue weighted by atomic mass is 35.5.